The van der Waals surface area contributed by atoms with Crippen molar-refractivity contribution in [2.24, 2.45) is 5.92 Å². The molecule has 0 spiro atoms. The average Bonchev–Trinajstić information content (AvgIpc) is 2.55. The molecule has 0 heterocycles. The van der Waals surface area contributed by atoms with Gasteiger partial charge in [0.15, 0.2) is 0 Å². The van der Waals surface area contributed by atoms with Gasteiger partial charge in [0.1, 0.15) is 5.75 Å². The van der Waals surface area contributed by atoms with Crippen LogP contribution in [0.15, 0.2) is 24.3 Å². The number of nitrogens with one attached hydrogen (secondary N) is 2. The number of ether oxygens (including phenoxy) is 1. The molecule has 0 aliphatic carbocycles. The lowest BCUT2D eigenvalue weighted by Gasteiger charge is -2.10. The molecular formula is C18H28N2O3. The molecule has 0 aromatic heterocycles. The molecule has 0 atom stereocenters. The summed E-state index contributed by atoms with van der Waals surface area (Å²) in [6.45, 7) is 6.92. The van der Waals surface area contributed by atoms with Crippen molar-refractivity contribution in [2.45, 2.75) is 52.9 Å². The summed E-state index contributed by atoms with van der Waals surface area (Å²) in [7, 11) is 0. The predicted octanol–water partition coefficient (Wildman–Crippen LogP) is 3.45. The van der Waals surface area contributed by atoms with E-state index in [9.17, 15) is 9.59 Å². The van der Waals surface area contributed by atoms with Crippen molar-refractivity contribution in [3.05, 3.63) is 29.8 Å². The van der Waals surface area contributed by atoms with Crippen LogP contribution in [0.2, 0.25) is 0 Å². The van der Waals surface area contributed by atoms with Crippen molar-refractivity contribution < 1.29 is 14.3 Å². The predicted molar refractivity (Wildman–Crippen MR) is 91.1 cm³/mol. The standard InChI is InChI=1S/C18H28N2O3/c1-4-5-6-7-8-17(21)19-20-18(22)15-9-11-16(12-10-15)23-13-14(2)3/h9-12,14H,4-8,13H2,1-3H3,(H,19,21)(H,20,22). The zero-order valence-electron chi connectivity index (χ0n) is 14.4. The van der Waals surface area contributed by atoms with Gasteiger partial charge in [-0.25, -0.2) is 0 Å². The van der Waals surface area contributed by atoms with Crippen LogP contribution in [0.25, 0.3) is 0 Å². The molecule has 1 aromatic carbocycles. The minimum absolute atomic E-state index is 0.161. The highest BCUT2D eigenvalue weighted by molar-refractivity contribution is 5.95. The molecule has 0 aliphatic rings. The summed E-state index contributed by atoms with van der Waals surface area (Å²) >= 11 is 0. The molecule has 2 N–H and O–H groups in total. The lowest BCUT2D eigenvalue weighted by Crippen LogP contribution is -2.41. The van der Waals surface area contributed by atoms with Crippen LogP contribution in [0, 0.1) is 5.92 Å². The van der Waals surface area contributed by atoms with Gasteiger partial charge in [0.05, 0.1) is 6.61 Å². The number of hydrogen-bond donors (Lipinski definition) is 2. The van der Waals surface area contributed by atoms with Crippen LogP contribution >= 0.6 is 0 Å². The largest absolute Gasteiger partial charge is 0.493 e. The second kappa shape index (κ2) is 10.6. The van der Waals surface area contributed by atoms with Gasteiger partial charge < -0.3 is 4.74 Å². The SMILES string of the molecule is CCCCCCC(=O)NNC(=O)c1ccc(OCC(C)C)cc1. The highest BCUT2D eigenvalue weighted by Gasteiger charge is 2.07. The summed E-state index contributed by atoms with van der Waals surface area (Å²) in [6.07, 6.45) is 4.58. The second-order valence-corrected chi connectivity index (χ2v) is 6.04. The maximum absolute atomic E-state index is 11.9. The molecular weight excluding hydrogens is 292 g/mol. The fourth-order valence-corrected chi connectivity index (χ4v) is 1.94. The van der Waals surface area contributed by atoms with Crippen molar-refractivity contribution in [3.8, 4) is 5.75 Å². The monoisotopic (exact) mass is 320 g/mol. The number of amides is 2. The molecule has 0 aliphatic heterocycles. The lowest BCUT2D eigenvalue weighted by molar-refractivity contribution is -0.122. The first-order valence-corrected chi connectivity index (χ1v) is 8.35. The third-order valence-corrected chi connectivity index (χ3v) is 3.27. The van der Waals surface area contributed by atoms with Crippen LogP contribution in [0.4, 0.5) is 0 Å². The summed E-state index contributed by atoms with van der Waals surface area (Å²) < 4.78 is 5.56. The highest BCUT2D eigenvalue weighted by Crippen LogP contribution is 2.13. The van der Waals surface area contributed by atoms with E-state index in [0.29, 0.717) is 24.5 Å². The van der Waals surface area contributed by atoms with Crippen molar-refractivity contribution in [1.29, 1.82) is 0 Å². The molecule has 128 valence electrons. The quantitative estimate of drug-likeness (QED) is 0.541. The van der Waals surface area contributed by atoms with Crippen LogP contribution in [0.3, 0.4) is 0 Å². The number of rotatable bonds is 9. The van der Waals surface area contributed by atoms with Gasteiger partial charge in [0, 0.05) is 12.0 Å². The average molecular weight is 320 g/mol. The third kappa shape index (κ3) is 8.24. The van der Waals surface area contributed by atoms with Crippen LogP contribution in [0.1, 0.15) is 63.2 Å². The number of hydrogen-bond acceptors (Lipinski definition) is 3. The fraction of sp³-hybridized carbons (Fsp3) is 0.556. The van der Waals surface area contributed by atoms with Gasteiger partial charge in [-0.05, 0) is 36.6 Å². The molecule has 23 heavy (non-hydrogen) atoms. The van der Waals surface area contributed by atoms with Crippen LogP contribution in [0.5, 0.6) is 5.75 Å². The van der Waals surface area contributed by atoms with Crippen LogP contribution in [-0.2, 0) is 4.79 Å². The Morgan fingerprint density at radius 2 is 1.74 bits per heavy atom. The van der Waals surface area contributed by atoms with Crippen molar-refractivity contribution in [2.75, 3.05) is 6.61 Å². The van der Waals surface area contributed by atoms with Crippen molar-refractivity contribution in [1.82, 2.24) is 10.9 Å². The Bertz CT molecular complexity index is 484. The topological polar surface area (TPSA) is 67.4 Å². The van der Waals surface area contributed by atoms with Gasteiger partial charge in [0.25, 0.3) is 5.91 Å². The van der Waals surface area contributed by atoms with E-state index < -0.39 is 0 Å². The number of carbonyl (C=O) groups is 2. The van der Waals surface area contributed by atoms with E-state index in [-0.39, 0.29) is 11.8 Å². The Hall–Kier alpha value is -2.04. The summed E-state index contributed by atoms with van der Waals surface area (Å²) in [5.41, 5.74) is 5.35. The van der Waals surface area contributed by atoms with E-state index in [1.54, 1.807) is 24.3 Å². The smallest absolute Gasteiger partial charge is 0.269 e. The number of hydrazine groups is 1. The zero-order chi connectivity index (χ0) is 17.1. The summed E-state index contributed by atoms with van der Waals surface area (Å²) in [4.78, 5) is 23.5. The molecule has 2 amide bonds. The van der Waals surface area contributed by atoms with Crippen molar-refractivity contribution >= 4 is 11.8 Å². The van der Waals surface area contributed by atoms with Gasteiger partial charge in [-0.1, -0.05) is 40.0 Å². The first-order chi connectivity index (χ1) is 11.0. The molecule has 0 radical (unpaired) electrons. The van der Waals surface area contributed by atoms with Gasteiger partial charge >= 0.3 is 0 Å². The summed E-state index contributed by atoms with van der Waals surface area (Å²) in [5, 5.41) is 0. The Morgan fingerprint density at radius 3 is 2.35 bits per heavy atom. The molecule has 5 nitrogen and oxygen atoms in total. The molecule has 0 unspecified atom stereocenters. The summed E-state index contributed by atoms with van der Waals surface area (Å²) in [5.74, 6) is 0.689. The lowest BCUT2D eigenvalue weighted by atomic mass is 10.1. The molecule has 0 saturated heterocycles. The van der Waals surface area contributed by atoms with E-state index in [1.807, 2.05) is 0 Å². The van der Waals surface area contributed by atoms with E-state index >= 15 is 0 Å². The van der Waals surface area contributed by atoms with Gasteiger partial charge in [-0.15, -0.1) is 0 Å². The van der Waals surface area contributed by atoms with Gasteiger partial charge in [-0.2, -0.15) is 0 Å². The van der Waals surface area contributed by atoms with Crippen LogP contribution < -0.4 is 15.6 Å². The molecule has 0 bridgehead atoms. The highest BCUT2D eigenvalue weighted by atomic mass is 16.5. The Balaban J connectivity index is 2.32. The Labute approximate surface area is 138 Å². The van der Waals surface area contributed by atoms with E-state index in [2.05, 4.69) is 31.6 Å². The number of carbonyl (C=O) groups excluding carboxylic acids is 2. The normalized spacial score (nSPS) is 10.4. The van der Waals surface area contributed by atoms with Crippen LogP contribution in [-0.4, -0.2) is 18.4 Å². The molecule has 5 heteroatoms. The summed E-state index contributed by atoms with van der Waals surface area (Å²) in [6, 6.07) is 6.87. The maximum Gasteiger partial charge on any atom is 0.269 e. The van der Waals surface area contributed by atoms with Crippen molar-refractivity contribution in [3.63, 3.8) is 0 Å². The number of unbranched alkanes of at least 4 members (excludes halogenated alkanes) is 3. The molecule has 1 rings (SSSR count). The van der Waals surface area contributed by atoms with E-state index in [4.69, 9.17) is 4.74 Å². The molecule has 1 aromatic rings. The second-order valence-electron chi connectivity index (χ2n) is 6.04. The minimum Gasteiger partial charge on any atom is -0.493 e. The Kier molecular flexibility index (Phi) is 8.80. The van der Waals surface area contributed by atoms with E-state index in [0.717, 1.165) is 31.4 Å². The number of benzene rings is 1. The minimum atomic E-state index is -0.331. The van der Waals surface area contributed by atoms with E-state index in [1.165, 1.54) is 0 Å². The maximum atomic E-state index is 11.9. The fourth-order valence-electron chi connectivity index (χ4n) is 1.94. The molecule has 0 saturated carbocycles. The first kappa shape index (κ1) is 19.0. The third-order valence-electron chi connectivity index (χ3n) is 3.27. The van der Waals surface area contributed by atoms with Gasteiger partial charge in [-0.3, -0.25) is 20.4 Å². The Morgan fingerprint density at radius 1 is 1.04 bits per heavy atom. The zero-order valence-corrected chi connectivity index (χ0v) is 14.4. The first-order valence-electron chi connectivity index (χ1n) is 8.35. The molecule has 0 fully saturated rings. The van der Waals surface area contributed by atoms with Gasteiger partial charge in [0.2, 0.25) is 5.91 Å².